The quantitative estimate of drug-likeness (QED) is 0.656. The molecule has 1 aliphatic heterocycles. The first-order valence-electron chi connectivity index (χ1n) is 4.58. The summed E-state index contributed by atoms with van der Waals surface area (Å²) in [4.78, 5) is 0. The fraction of sp³-hybridized carbons (Fsp3) is 1.00. The van der Waals surface area contributed by atoms with Gasteiger partial charge in [-0.3, -0.25) is 0 Å². The molecule has 1 N–H and O–H groups in total. The van der Waals surface area contributed by atoms with E-state index in [4.69, 9.17) is 4.74 Å². The summed E-state index contributed by atoms with van der Waals surface area (Å²) < 4.78 is 5.52. The molecule has 0 aromatic rings. The minimum atomic E-state index is 0.262. The van der Waals surface area contributed by atoms with E-state index >= 15 is 0 Å². The fourth-order valence-corrected chi connectivity index (χ4v) is 1.70. The van der Waals surface area contributed by atoms with Crippen molar-refractivity contribution in [3.63, 3.8) is 0 Å². The monoisotopic (exact) mass is 157 g/mol. The predicted molar refractivity (Wildman–Crippen MR) is 46.7 cm³/mol. The molecule has 1 heterocycles. The summed E-state index contributed by atoms with van der Waals surface area (Å²) in [7, 11) is 0. The Morgan fingerprint density at radius 3 is 2.45 bits per heavy atom. The van der Waals surface area contributed by atoms with Gasteiger partial charge < -0.3 is 10.1 Å². The molecule has 1 saturated heterocycles. The lowest BCUT2D eigenvalue weighted by Crippen LogP contribution is -2.57. The van der Waals surface area contributed by atoms with Gasteiger partial charge in [0.25, 0.3) is 0 Å². The minimum Gasteiger partial charge on any atom is -0.378 e. The van der Waals surface area contributed by atoms with Gasteiger partial charge >= 0.3 is 0 Å². The summed E-state index contributed by atoms with van der Waals surface area (Å²) in [5, 5.41) is 3.60. The van der Waals surface area contributed by atoms with Crippen LogP contribution in [0.3, 0.4) is 0 Å². The highest BCUT2D eigenvalue weighted by molar-refractivity contribution is 4.90. The molecule has 0 bridgehead atoms. The van der Waals surface area contributed by atoms with Gasteiger partial charge in [0.15, 0.2) is 0 Å². The van der Waals surface area contributed by atoms with Crippen molar-refractivity contribution in [3.8, 4) is 0 Å². The van der Waals surface area contributed by atoms with Crippen molar-refractivity contribution in [2.24, 2.45) is 0 Å². The van der Waals surface area contributed by atoms with E-state index in [-0.39, 0.29) is 5.54 Å². The zero-order valence-electron chi connectivity index (χ0n) is 7.81. The van der Waals surface area contributed by atoms with Gasteiger partial charge in [-0.15, -0.1) is 0 Å². The smallest absolute Gasteiger partial charge is 0.0648 e. The molecule has 66 valence electrons. The third-order valence-corrected chi connectivity index (χ3v) is 2.65. The lowest BCUT2D eigenvalue weighted by molar-refractivity contribution is -0.000691. The molecule has 0 spiro atoms. The number of ether oxygens (including phenoxy) is 1. The van der Waals surface area contributed by atoms with Crippen LogP contribution in [0.4, 0.5) is 0 Å². The molecule has 1 rings (SSSR count). The molecule has 11 heavy (non-hydrogen) atoms. The number of nitrogens with one attached hydrogen (secondary N) is 1. The normalized spacial score (nSPS) is 30.3. The zero-order chi connectivity index (χ0) is 8.32. The third kappa shape index (κ3) is 1.94. The van der Waals surface area contributed by atoms with E-state index in [9.17, 15) is 0 Å². The molecule has 2 heteroatoms. The lowest BCUT2D eigenvalue weighted by Gasteiger charge is -2.40. The molecule has 1 aliphatic rings. The van der Waals surface area contributed by atoms with Gasteiger partial charge in [0.2, 0.25) is 0 Å². The minimum absolute atomic E-state index is 0.262. The number of hydrogen-bond acceptors (Lipinski definition) is 2. The Balaban J connectivity index is 2.52. The first kappa shape index (κ1) is 9.01. The van der Waals surface area contributed by atoms with Crippen LogP contribution in [0.15, 0.2) is 0 Å². The summed E-state index contributed by atoms with van der Waals surface area (Å²) in [6, 6.07) is 0.517. The van der Waals surface area contributed by atoms with Crippen molar-refractivity contribution in [3.05, 3.63) is 0 Å². The van der Waals surface area contributed by atoms with E-state index in [0.717, 1.165) is 26.1 Å². The van der Waals surface area contributed by atoms with Gasteiger partial charge in [-0.05, 0) is 19.8 Å². The van der Waals surface area contributed by atoms with Crippen molar-refractivity contribution in [2.45, 2.75) is 45.2 Å². The Morgan fingerprint density at radius 2 is 2.09 bits per heavy atom. The summed E-state index contributed by atoms with van der Waals surface area (Å²) in [6.07, 6.45) is 2.32. The van der Waals surface area contributed by atoms with Gasteiger partial charge in [-0.25, -0.2) is 0 Å². The Labute approximate surface area is 69.3 Å². The lowest BCUT2D eigenvalue weighted by atomic mass is 9.92. The fourth-order valence-electron chi connectivity index (χ4n) is 1.70. The van der Waals surface area contributed by atoms with E-state index in [1.807, 2.05) is 0 Å². The van der Waals surface area contributed by atoms with Crippen LogP contribution in [0.2, 0.25) is 0 Å². The van der Waals surface area contributed by atoms with Crippen molar-refractivity contribution < 1.29 is 4.74 Å². The van der Waals surface area contributed by atoms with Crippen LogP contribution in [0.5, 0.6) is 0 Å². The third-order valence-electron chi connectivity index (χ3n) is 2.65. The van der Waals surface area contributed by atoms with E-state index in [0.29, 0.717) is 6.04 Å². The molecular formula is C9H19NO. The summed E-state index contributed by atoms with van der Waals surface area (Å²) in [5.74, 6) is 0. The van der Waals surface area contributed by atoms with Crippen molar-refractivity contribution in [1.29, 1.82) is 0 Å². The van der Waals surface area contributed by atoms with Crippen LogP contribution >= 0.6 is 0 Å². The van der Waals surface area contributed by atoms with Crippen LogP contribution in [-0.2, 0) is 4.74 Å². The summed E-state index contributed by atoms with van der Waals surface area (Å²) in [6.45, 7) is 8.36. The highest BCUT2D eigenvalue weighted by Gasteiger charge is 2.31. The van der Waals surface area contributed by atoms with Crippen LogP contribution in [0, 0.1) is 0 Å². The van der Waals surface area contributed by atoms with Gasteiger partial charge in [0, 0.05) is 11.6 Å². The van der Waals surface area contributed by atoms with Gasteiger partial charge in [0.1, 0.15) is 0 Å². The summed E-state index contributed by atoms with van der Waals surface area (Å²) in [5.41, 5.74) is 0.262. The molecule has 1 fully saturated rings. The second kappa shape index (κ2) is 3.55. The molecule has 0 radical (unpaired) electrons. The zero-order valence-corrected chi connectivity index (χ0v) is 7.81. The molecule has 0 unspecified atom stereocenters. The van der Waals surface area contributed by atoms with E-state index < -0.39 is 0 Å². The molecule has 0 amide bonds. The Kier molecular flexibility index (Phi) is 2.90. The highest BCUT2D eigenvalue weighted by Crippen LogP contribution is 2.19. The Hall–Kier alpha value is -0.0800. The van der Waals surface area contributed by atoms with Crippen LogP contribution < -0.4 is 5.32 Å². The molecule has 0 aromatic heterocycles. The number of hydrogen-bond donors (Lipinski definition) is 1. The maximum atomic E-state index is 5.52. The molecule has 2 nitrogen and oxygen atoms in total. The van der Waals surface area contributed by atoms with Gasteiger partial charge in [0.05, 0.1) is 13.2 Å². The SMILES string of the molecule is CCC1(CC)COC[C@H](C)N1. The Morgan fingerprint density at radius 1 is 1.45 bits per heavy atom. The molecule has 0 aliphatic carbocycles. The van der Waals surface area contributed by atoms with Crippen molar-refractivity contribution in [1.82, 2.24) is 5.32 Å². The largest absolute Gasteiger partial charge is 0.378 e. The molecule has 1 atom stereocenters. The van der Waals surface area contributed by atoms with Crippen molar-refractivity contribution >= 4 is 0 Å². The standard InChI is InChI=1S/C9H19NO/c1-4-9(5-2)7-11-6-8(3)10-9/h8,10H,4-7H2,1-3H3/t8-/m0/s1. The average Bonchev–Trinajstić information content (AvgIpc) is 2.04. The number of rotatable bonds is 2. The maximum absolute atomic E-state index is 5.52. The van der Waals surface area contributed by atoms with E-state index in [1.54, 1.807) is 0 Å². The van der Waals surface area contributed by atoms with Crippen LogP contribution in [0.1, 0.15) is 33.6 Å². The molecule has 0 saturated carbocycles. The van der Waals surface area contributed by atoms with Crippen molar-refractivity contribution in [2.75, 3.05) is 13.2 Å². The van der Waals surface area contributed by atoms with Gasteiger partial charge in [-0.2, -0.15) is 0 Å². The summed E-state index contributed by atoms with van der Waals surface area (Å²) >= 11 is 0. The van der Waals surface area contributed by atoms with Gasteiger partial charge in [-0.1, -0.05) is 13.8 Å². The molecular weight excluding hydrogens is 138 g/mol. The van der Waals surface area contributed by atoms with Crippen LogP contribution in [-0.4, -0.2) is 24.8 Å². The van der Waals surface area contributed by atoms with E-state index in [1.165, 1.54) is 0 Å². The Bertz CT molecular complexity index is 121. The average molecular weight is 157 g/mol. The second-order valence-corrected chi connectivity index (χ2v) is 3.55. The molecule has 0 aromatic carbocycles. The topological polar surface area (TPSA) is 21.3 Å². The highest BCUT2D eigenvalue weighted by atomic mass is 16.5. The first-order valence-corrected chi connectivity index (χ1v) is 4.58. The number of morpholine rings is 1. The van der Waals surface area contributed by atoms with Crippen LogP contribution in [0.25, 0.3) is 0 Å². The maximum Gasteiger partial charge on any atom is 0.0648 e. The second-order valence-electron chi connectivity index (χ2n) is 3.55. The first-order chi connectivity index (χ1) is 5.22. The predicted octanol–water partition coefficient (Wildman–Crippen LogP) is 1.55. The van der Waals surface area contributed by atoms with E-state index in [2.05, 4.69) is 26.1 Å².